The van der Waals surface area contributed by atoms with Crippen LogP contribution in [0.15, 0.2) is 40.8 Å². The number of nitrogens with zero attached hydrogens (tertiary/aromatic N) is 2. The van der Waals surface area contributed by atoms with Crippen molar-refractivity contribution < 1.29 is 31.9 Å². The molecule has 1 N–H and O–H groups in total. The van der Waals surface area contributed by atoms with E-state index in [0.717, 1.165) is 11.6 Å². The maximum absolute atomic E-state index is 14.1. The molecule has 1 saturated heterocycles. The van der Waals surface area contributed by atoms with E-state index in [1.165, 1.54) is 0 Å². The molecule has 1 aromatic heterocycles. The first-order valence-corrected chi connectivity index (χ1v) is 8.42. The number of rotatable bonds is 4. The largest absolute Gasteiger partial charge is 0.481 e. The zero-order valence-corrected chi connectivity index (χ0v) is 14.3. The third-order valence-corrected chi connectivity index (χ3v) is 4.69. The Kier molecular flexibility index (Phi) is 4.34. The van der Waals surface area contributed by atoms with Crippen LogP contribution in [0.4, 0.5) is 17.6 Å². The van der Waals surface area contributed by atoms with E-state index >= 15 is 0 Å². The maximum Gasteiger partial charge on any atom is 0.416 e. The molecular weight excluding hydrogens is 380 g/mol. The lowest BCUT2D eigenvalue weighted by molar-refractivity contribution is -0.147. The number of carboxylic acids is 1. The molecule has 0 spiro atoms. The average Bonchev–Trinajstić information content (AvgIpc) is 2.99. The fourth-order valence-corrected chi connectivity index (χ4v) is 3.16. The molecule has 1 fully saturated rings. The summed E-state index contributed by atoms with van der Waals surface area (Å²) in [4.78, 5) is 16.9. The predicted molar refractivity (Wildman–Crippen MR) is 90.8 cm³/mol. The highest BCUT2D eigenvalue weighted by Crippen LogP contribution is 2.34. The van der Waals surface area contributed by atoms with Crippen LogP contribution in [-0.4, -0.2) is 34.0 Å². The standard InChI is InChI=1S/C19H14F4N2O3/c20-14-3-2-12(19(21,22)23)6-13(14)17-24-15-4-1-10(5-16(15)28-17)7-25-8-11(9-25)18(26)27/h1-6,11H,7-9H2,(H,26,27). The number of halogens is 4. The summed E-state index contributed by atoms with van der Waals surface area (Å²) in [6.45, 7) is 1.41. The van der Waals surface area contributed by atoms with Gasteiger partial charge in [0, 0.05) is 19.6 Å². The smallest absolute Gasteiger partial charge is 0.416 e. The highest BCUT2D eigenvalue weighted by atomic mass is 19.4. The van der Waals surface area contributed by atoms with Crippen molar-refractivity contribution in [3.05, 3.63) is 53.3 Å². The van der Waals surface area contributed by atoms with Gasteiger partial charge < -0.3 is 9.52 Å². The molecule has 0 saturated carbocycles. The number of oxazole rings is 1. The molecule has 0 atom stereocenters. The van der Waals surface area contributed by atoms with Gasteiger partial charge in [-0.15, -0.1) is 0 Å². The fraction of sp³-hybridized carbons (Fsp3) is 0.263. The molecule has 28 heavy (non-hydrogen) atoms. The van der Waals surface area contributed by atoms with Crippen molar-refractivity contribution >= 4 is 17.1 Å². The SMILES string of the molecule is O=C(O)C1CN(Cc2ccc3nc(-c4cc(C(F)(F)F)ccc4F)oc3c2)C1. The summed E-state index contributed by atoms with van der Waals surface area (Å²) in [6.07, 6.45) is -4.60. The number of carboxylic acid groups (broad SMARTS) is 1. The topological polar surface area (TPSA) is 66.6 Å². The molecule has 0 amide bonds. The zero-order valence-electron chi connectivity index (χ0n) is 14.3. The Morgan fingerprint density at radius 3 is 2.64 bits per heavy atom. The van der Waals surface area contributed by atoms with Crippen LogP contribution in [0.25, 0.3) is 22.6 Å². The first kappa shape index (κ1) is 18.4. The summed E-state index contributed by atoms with van der Waals surface area (Å²) in [7, 11) is 0. The van der Waals surface area contributed by atoms with Gasteiger partial charge in [0.2, 0.25) is 5.89 Å². The second kappa shape index (κ2) is 6.59. The molecule has 0 radical (unpaired) electrons. The first-order chi connectivity index (χ1) is 13.2. The predicted octanol–water partition coefficient (Wildman–Crippen LogP) is 4.17. The van der Waals surface area contributed by atoms with Crippen molar-refractivity contribution in [2.24, 2.45) is 5.92 Å². The van der Waals surface area contributed by atoms with Crippen LogP contribution in [0.1, 0.15) is 11.1 Å². The highest BCUT2D eigenvalue weighted by molar-refractivity contribution is 5.77. The number of likely N-dealkylation sites (tertiary alicyclic amines) is 1. The lowest BCUT2D eigenvalue weighted by atomic mass is 9.99. The van der Waals surface area contributed by atoms with Gasteiger partial charge in [-0.3, -0.25) is 9.69 Å². The molecule has 1 aliphatic rings. The zero-order chi connectivity index (χ0) is 20.1. The van der Waals surface area contributed by atoms with Crippen molar-refractivity contribution in [2.75, 3.05) is 13.1 Å². The van der Waals surface area contributed by atoms with E-state index in [-0.39, 0.29) is 17.4 Å². The van der Waals surface area contributed by atoms with Gasteiger partial charge in [0.05, 0.1) is 17.0 Å². The van der Waals surface area contributed by atoms with Crippen LogP contribution < -0.4 is 0 Å². The minimum Gasteiger partial charge on any atom is -0.481 e. The molecule has 1 aliphatic heterocycles. The van der Waals surface area contributed by atoms with Crippen LogP contribution in [-0.2, 0) is 17.5 Å². The number of benzene rings is 2. The van der Waals surface area contributed by atoms with Gasteiger partial charge in [0.25, 0.3) is 0 Å². The van der Waals surface area contributed by atoms with Crippen molar-refractivity contribution in [1.82, 2.24) is 9.88 Å². The number of hydrogen-bond donors (Lipinski definition) is 1. The Bertz CT molecular complexity index is 1060. The average molecular weight is 394 g/mol. The van der Waals surface area contributed by atoms with E-state index in [1.807, 2.05) is 4.90 Å². The summed E-state index contributed by atoms with van der Waals surface area (Å²) in [5, 5.41) is 8.91. The number of hydrogen-bond acceptors (Lipinski definition) is 4. The molecule has 4 rings (SSSR count). The van der Waals surface area contributed by atoms with Crippen molar-refractivity contribution in [2.45, 2.75) is 12.7 Å². The summed E-state index contributed by atoms with van der Waals surface area (Å²) >= 11 is 0. The molecular formula is C19H14F4N2O3. The monoisotopic (exact) mass is 394 g/mol. The van der Waals surface area contributed by atoms with Crippen LogP contribution in [0, 0.1) is 11.7 Å². The van der Waals surface area contributed by atoms with Crippen molar-refractivity contribution in [3.8, 4) is 11.5 Å². The molecule has 2 aromatic carbocycles. The Labute approximate surface area is 156 Å². The van der Waals surface area contributed by atoms with Crippen LogP contribution in [0.5, 0.6) is 0 Å². The fourth-order valence-electron chi connectivity index (χ4n) is 3.16. The van der Waals surface area contributed by atoms with Gasteiger partial charge in [-0.2, -0.15) is 13.2 Å². The summed E-state index contributed by atoms with van der Waals surface area (Å²) in [5.41, 5.74) is 0.197. The number of carbonyl (C=O) groups is 1. The van der Waals surface area contributed by atoms with E-state index in [9.17, 15) is 22.4 Å². The minimum atomic E-state index is -4.60. The summed E-state index contributed by atoms with van der Waals surface area (Å²) < 4.78 is 58.2. The highest BCUT2D eigenvalue weighted by Gasteiger charge is 2.33. The maximum atomic E-state index is 14.1. The molecule has 3 aromatic rings. The molecule has 0 bridgehead atoms. The molecule has 0 aliphatic carbocycles. The third kappa shape index (κ3) is 3.45. The Balaban J connectivity index is 1.60. The second-order valence-electron chi connectivity index (χ2n) is 6.74. The Morgan fingerprint density at radius 1 is 1.21 bits per heavy atom. The summed E-state index contributed by atoms with van der Waals surface area (Å²) in [6, 6.07) is 7.15. The quantitative estimate of drug-likeness (QED) is 0.673. The van der Waals surface area contributed by atoms with Gasteiger partial charge in [0.15, 0.2) is 5.58 Å². The third-order valence-electron chi connectivity index (χ3n) is 4.69. The summed E-state index contributed by atoms with van der Waals surface area (Å²) in [5.74, 6) is -2.29. The Morgan fingerprint density at radius 2 is 1.96 bits per heavy atom. The lowest BCUT2D eigenvalue weighted by Crippen LogP contribution is -2.49. The first-order valence-electron chi connectivity index (χ1n) is 8.42. The van der Waals surface area contributed by atoms with Crippen LogP contribution in [0.2, 0.25) is 0 Å². The van der Waals surface area contributed by atoms with Gasteiger partial charge in [0.1, 0.15) is 11.3 Å². The minimum absolute atomic E-state index is 0.231. The number of alkyl halides is 3. The van der Waals surface area contributed by atoms with E-state index in [4.69, 9.17) is 9.52 Å². The molecule has 146 valence electrons. The van der Waals surface area contributed by atoms with Crippen LogP contribution >= 0.6 is 0 Å². The van der Waals surface area contributed by atoms with Crippen molar-refractivity contribution in [3.63, 3.8) is 0 Å². The second-order valence-corrected chi connectivity index (χ2v) is 6.74. The van der Waals surface area contributed by atoms with E-state index < -0.39 is 23.5 Å². The number of aliphatic carboxylic acids is 1. The van der Waals surface area contributed by atoms with Gasteiger partial charge in [-0.25, -0.2) is 9.37 Å². The van der Waals surface area contributed by atoms with E-state index in [1.54, 1.807) is 18.2 Å². The number of fused-ring (bicyclic) bond motifs is 1. The van der Waals surface area contributed by atoms with Gasteiger partial charge in [-0.05, 0) is 35.9 Å². The normalized spacial score (nSPS) is 15.7. The van der Waals surface area contributed by atoms with Crippen molar-refractivity contribution in [1.29, 1.82) is 0 Å². The number of aromatic nitrogens is 1. The van der Waals surface area contributed by atoms with Gasteiger partial charge in [-0.1, -0.05) is 6.07 Å². The molecule has 9 heteroatoms. The lowest BCUT2D eigenvalue weighted by Gasteiger charge is -2.36. The van der Waals surface area contributed by atoms with E-state index in [0.29, 0.717) is 42.9 Å². The van der Waals surface area contributed by atoms with E-state index in [2.05, 4.69) is 4.98 Å². The van der Waals surface area contributed by atoms with Crippen LogP contribution in [0.3, 0.4) is 0 Å². The Hall–Kier alpha value is -2.94. The molecule has 5 nitrogen and oxygen atoms in total. The molecule has 0 unspecified atom stereocenters. The molecule has 2 heterocycles. The van der Waals surface area contributed by atoms with Gasteiger partial charge >= 0.3 is 12.1 Å².